The Morgan fingerprint density at radius 3 is 3.13 bits per heavy atom. The number of aryl methyl sites for hydroxylation is 1. The summed E-state index contributed by atoms with van der Waals surface area (Å²) >= 11 is 0. The zero-order valence-corrected chi connectivity index (χ0v) is 8.41. The van der Waals surface area contributed by atoms with Gasteiger partial charge in [-0.05, 0) is 25.0 Å². The molecule has 2 N–H and O–H groups in total. The third kappa shape index (κ3) is 1.13. The summed E-state index contributed by atoms with van der Waals surface area (Å²) in [6.07, 6.45) is 2.05. The molecule has 1 aromatic heterocycles. The van der Waals surface area contributed by atoms with E-state index < -0.39 is 0 Å². The van der Waals surface area contributed by atoms with Crippen LogP contribution in [0.15, 0.2) is 24.3 Å². The minimum absolute atomic E-state index is 0.140. The van der Waals surface area contributed by atoms with Gasteiger partial charge in [-0.3, -0.25) is 0 Å². The summed E-state index contributed by atoms with van der Waals surface area (Å²) in [7, 11) is 0. The molecule has 0 fully saturated rings. The molecule has 2 aromatic rings. The third-order valence-corrected chi connectivity index (χ3v) is 3.26. The summed E-state index contributed by atoms with van der Waals surface area (Å²) < 4.78 is 15.8. The summed E-state index contributed by atoms with van der Waals surface area (Å²) in [4.78, 5) is 0. The van der Waals surface area contributed by atoms with Crippen LogP contribution in [0.2, 0.25) is 0 Å². The zero-order chi connectivity index (χ0) is 10.4. The molecule has 0 radical (unpaired) electrons. The molecule has 78 valence electrons. The first kappa shape index (κ1) is 8.92. The summed E-state index contributed by atoms with van der Waals surface area (Å²) in [5.41, 5.74) is 7.64. The van der Waals surface area contributed by atoms with Crippen LogP contribution in [-0.4, -0.2) is 11.1 Å². The second-order valence-electron chi connectivity index (χ2n) is 4.11. The second-order valence-corrected chi connectivity index (χ2v) is 4.11. The highest BCUT2D eigenvalue weighted by Crippen LogP contribution is 2.33. The third-order valence-electron chi connectivity index (χ3n) is 3.26. The number of hydrogen-bond acceptors (Lipinski definition) is 1. The lowest BCUT2D eigenvalue weighted by Gasteiger charge is -2.12. The van der Waals surface area contributed by atoms with Crippen molar-refractivity contribution in [3.05, 3.63) is 35.8 Å². The highest BCUT2D eigenvalue weighted by Gasteiger charge is 2.24. The molecule has 2 nitrogen and oxygen atoms in total. The Hall–Kier alpha value is -1.35. The molecule has 0 aliphatic carbocycles. The number of aromatic nitrogens is 1. The Morgan fingerprint density at radius 1 is 1.47 bits per heavy atom. The average Bonchev–Trinajstić information content (AvgIpc) is 2.75. The smallest absolute Gasteiger partial charge is 0.147 e. The number of nitrogens with zero attached hydrogens (tertiary/aromatic N) is 1. The molecule has 1 aliphatic rings. The molecule has 0 spiro atoms. The predicted octanol–water partition coefficient (Wildman–Crippen LogP) is 2.23. The largest absolute Gasteiger partial charge is 0.338 e. The van der Waals surface area contributed by atoms with Crippen molar-refractivity contribution in [2.45, 2.75) is 18.9 Å². The fourth-order valence-corrected chi connectivity index (χ4v) is 2.57. The summed E-state index contributed by atoms with van der Waals surface area (Å²) in [5.74, 6) is -0.140. The number of halogens is 1. The van der Waals surface area contributed by atoms with Crippen LogP contribution in [-0.2, 0) is 6.42 Å². The van der Waals surface area contributed by atoms with Crippen molar-refractivity contribution < 1.29 is 4.39 Å². The van der Waals surface area contributed by atoms with E-state index >= 15 is 0 Å². The monoisotopic (exact) mass is 204 g/mol. The molecule has 2 heterocycles. The van der Waals surface area contributed by atoms with Crippen LogP contribution in [0.4, 0.5) is 4.39 Å². The van der Waals surface area contributed by atoms with E-state index in [2.05, 4.69) is 10.6 Å². The first-order valence-electron chi connectivity index (χ1n) is 5.29. The molecule has 0 amide bonds. The Kier molecular flexibility index (Phi) is 1.83. The lowest BCUT2D eigenvalue weighted by molar-refractivity contribution is 0.541. The molecule has 1 aromatic carbocycles. The number of fused-ring (bicyclic) bond motifs is 3. The number of rotatable bonds is 1. The van der Waals surface area contributed by atoms with Crippen molar-refractivity contribution >= 4 is 10.9 Å². The van der Waals surface area contributed by atoms with Gasteiger partial charge in [-0.25, -0.2) is 4.39 Å². The summed E-state index contributed by atoms with van der Waals surface area (Å²) in [6, 6.07) is 7.58. The molecule has 1 atom stereocenters. The predicted molar refractivity (Wildman–Crippen MR) is 58.3 cm³/mol. The number of para-hydroxylation sites is 1. The van der Waals surface area contributed by atoms with Crippen LogP contribution in [0.3, 0.4) is 0 Å². The van der Waals surface area contributed by atoms with Crippen molar-refractivity contribution in [2.24, 2.45) is 5.73 Å². The van der Waals surface area contributed by atoms with Gasteiger partial charge in [0.25, 0.3) is 0 Å². The lowest BCUT2D eigenvalue weighted by atomic mass is 10.1. The van der Waals surface area contributed by atoms with E-state index in [0.717, 1.165) is 23.7 Å². The maximum absolute atomic E-state index is 13.7. The van der Waals surface area contributed by atoms with E-state index in [1.807, 2.05) is 6.07 Å². The Labute approximate surface area is 87.5 Å². The highest BCUT2D eigenvalue weighted by molar-refractivity contribution is 5.82. The number of nitrogens with two attached hydrogens (primary N) is 1. The van der Waals surface area contributed by atoms with Crippen LogP contribution in [0, 0.1) is 5.82 Å². The van der Waals surface area contributed by atoms with E-state index in [4.69, 9.17) is 5.73 Å². The van der Waals surface area contributed by atoms with Gasteiger partial charge in [-0.1, -0.05) is 12.1 Å². The fourth-order valence-electron chi connectivity index (χ4n) is 2.57. The first-order valence-corrected chi connectivity index (χ1v) is 5.29. The molecule has 0 saturated carbocycles. The van der Waals surface area contributed by atoms with Crippen molar-refractivity contribution in [3.8, 4) is 0 Å². The molecule has 0 saturated heterocycles. The molecular formula is C12H13FN2. The maximum atomic E-state index is 13.7. The second kappa shape index (κ2) is 3.07. The molecule has 3 heteroatoms. The first-order chi connectivity index (χ1) is 7.31. The van der Waals surface area contributed by atoms with E-state index in [1.165, 1.54) is 11.8 Å². The number of hydrogen-bond donors (Lipinski definition) is 1. The van der Waals surface area contributed by atoms with E-state index in [-0.39, 0.29) is 11.9 Å². The molecule has 1 unspecified atom stereocenters. The highest BCUT2D eigenvalue weighted by atomic mass is 19.1. The van der Waals surface area contributed by atoms with Gasteiger partial charge in [0.2, 0.25) is 0 Å². The van der Waals surface area contributed by atoms with Gasteiger partial charge in [0, 0.05) is 23.7 Å². The van der Waals surface area contributed by atoms with E-state index in [9.17, 15) is 4.39 Å². The van der Waals surface area contributed by atoms with Gasteiger partial charge in [0.1, 0.15) is 5.82 Å². The maximum Gasteiger partial charge on any atom is 0.147 e. The molecule has 0 bridgehead atoms. The molecule has 3 rings (SSSR count). The normalized spacial score (nSPS) is 19.7. The van der Waals surface area contributed by atoms with Gasteiger partial charge in [-0.15, -0.1) is 0 Å². The Bertz CT molecular complexity index is 516. The van der Waals surface area contributed by atoms with Gasteiger partial charge in [-0.2, -0.15) is 0 Å². The van der Waals surface area contributed by atoms with Crippen LogP contribution in [0.5, 0.6) is 0 Å². The minimum atomic E-state index is -0.140. The number of benzene rings is 1. The quantitative estimate of drug-likeness (QED) is 0.758. The van der Waals surface area contributed by atoms with Gasteiger partial charge < -0.3 is 10.3 Å². The SMILES string of the molecule is NCC1CCc2cc3cccc(F)c3n21. The minimum Gasteiger partial charge on any atom is -0.338 e. The fraction of sp³-hybridized carbons (Fsp3) is 0.333. The topological polar surface area (TPSA) is 30.9 Å². The summed E-state index contributed by atoms with van der Waals surface area (Å²) in [5, 5.41) is 0.989. The summed E-state index contributed by atoms with van der Waals surface area (Å²) in [6.45, 7) is 0.588. The van der Waals surface area contributed by atoms with Crippen LogP contribution in [0.1, 0.15) is 18.2 Å². The average molecular weight is 204 g/mol. The zero-order valence-electron chi connectivity index (χ0n) is 8.41. The van der Waals surface area contributed by atoms with Crippen molar-refractivity contribution in [3.63, 3.8) is 0 Å². The van der Waals surface area contributed by atoms with Crippen molar-refractivity contribution in [1.82, 2.24) is 4.57 Å². The molecular weight excluding hydrogens is 191 g/mol. The molecule has 15 heavy (non-hydrogen) atoms. The van der Waals surface area contributed by atoms with Crippen molar-refractivity contribution in [2.75, 3.05) is 6.54 Å². The van der Waals surface area contributed by atoms with Crippen LogP contribution < -0.4 is 5.73 Å². The van der Waals surface area contributed by atoms with Gasteiger partial charge in [0.15, 0.2) is 0 Å². The van der Waals surface area contributed by atoms with Crippen LogP contribution in [0.25, 0.3) is 10.9 Å². The lowest BCUT2D eigenvalue weighted by Crippen LogP contribution is -2.15. The van der Waals surface area contributed by atoms with Gasteiger partial charge >= 0.3 is 0 Å². The van der Waals surface area contributed by atoms with E-state index in [1.54, 1.807) is 6.07 Å². The van der Waals surface area contributed by atoms with E-state index in [0.29, 0.717) is 6.54 Å². The van der Waals surface area contributed by atoms with Gasteiger partial charge in [0.05, 0.1) is 5.52 Å². The van der Waals surface area contributed by atoms with Crippen LogP contribution >= 0.6 is 0 Å². The Balaban J connectivity index is 2.34. The van der Waals surface area contributed by atoms with Crippen molar-refractivity contribution in [1.29, 1.82) is 0 Å². The standard InChI is InChI=1S/C12H13FN2/c13-11-3-1-2-8-6-9-4-5-10(7-14)15(9)12(8)11/h1-3,6,10H,4-5,7,14H2. The Morgan fingerprint density at radius 2 is 2.33 bits per heavy atom. The molecule has 1 aliphatic heterocycles.